The summed E-state index contributed by atoms with van der Waals surface area (Å²) in [6, 6.07) is 2.51. The smallest absolute Gasteiger partial charge is 0.342 e. The van der Waals surface area contributed by atoms with Crippen LogP contribution in [0.5, 0.6) is 0 Å². The van der Waals surface area contributed by atoms with E-state index in [9.17, 15) is 27.6 Å². The molecule has 3 aliphatic heterocycles. The lowest BCUT2D eigenvalue weighted by Crippen LogP contribution is -2.54. The number of rotatable bonds is 3. The van der Waals surface area contributed by atoms with Crippen LogP contribution >= 0.6 is 22.9 Å². The monoisotopic (exact) mass is 556 g/mol. The Balaban J connectivity index is 1.33. The minimum Gasteiger partial charge on any atom is -0.342 e. The molecule has 2 N–H and O–H groups in total. The first kappa shape index (κ1) is 25.6. The summed E-state index contributed by atoms with van der Waals surface area (Å²) in [4.78, 5) is 46.0. The topological polar surface area (TPSA) is 97.9 Å². The molecule has 1 spiro atoms. The summed E-state index contributed by atoms with van der Waals surface area (Å²) in [6.45, 7) is 3.70. The van der Waals surface area contributed by atoms with Gasteiger partial charge in [0.2, 0.25) is 5.91 Å². The number of benzene rings is 1. The summed E-state index contributed by atoms with van der Waals surface area (Å²) in [5.74, 6) is 0.165. The van der Waals surface area contributed by atoms with Crippen LogP contribution in [0, 0.1) is 5.92 Å². The van der Waals surface area contributed by atoms with Crippen molar-refractivity contribution in [2.24, 2.45) is 5.92 Å². The predicted molar refractivity (Wildman–Crippen MR) is 132 cm³/mol. The summed E-state index contributed by atoms with van der Waals surface area (Å²) in [6.07, 6.45) is -2.75. The minimum atomic E-state index is -4.55. The van der Waals surface area contributed by atoms with Gasteiger partial charge in [-0.05, 0) is 30.2 Å². The average molecular weight is 557 g/mol. The fraction of sp³-hybridized carbons (Fsp3) is 0.478. The summed E-state index contributed by atoms with van der Waals surface area (Å²) < 4.78 is 41.1. The number of alkyl halides is 3. The molecule has 4 heterocycles. The van der Waals surface area contributed by atoms with E-state index >= 15 is 0 Å². The summed E-state index contributed by atoms with van der Waals surface area (Å²) in [5, 5.41) is 5.81. The maximum absolute atomic E-state index is 13.6. The summed E-state index contributed by atoms with van der Waals surface area (Å²) in [7, 11) is 0. The SMILES string of the molecule is CC(=O)N1CC(CNC(=O)N2CCC3(C2)CN(C(=O)Nc2ncc(Cl)s2)c2ccc(C(F)(F)F)cc23)C1. The molecule has 0 radical (unpaired) electrons. The molecule has 2 aromatic rings. The number of nitrogens with one attached hydrogen (secondary N) is 2. The van der Waals surface area contributed by atoms with Gasteiger partial charge in [-0.3, -0.25) is 15.0 Å². The molecule has 9 nitrogen and oxygen atoms in total. The third-order valence-corrected chi connectivity index (χ3v) is 8.20. The van der Waals surface area contributed by atoms with Crippen LogP contribution in [0.2, 0.25) is 4.34 Å². The third-order valence-electron chi connectivity index (χ3n) is 7.17. The Morgan fingerprint density at radius 1 is 1.19 bits per heavy atom. The number of fused-ring (bicyclic) bond motifs is 2. The molecule has 5 amide bonds. The second-order valence-electron chi connectivity index (χ2n) is 9.64. The molecular weight excluding hydrogens is 533 g/mol. The van der Waals surface area contributed by atoms with E-state index in [1.165, 1.54) is 24.1 Å². The number of urea groups is 2. The van der Waals surface area contributed by atoms with E-state index in [4.69, 9.17) is 11.6 Å². The highest BCUT2D eigenvalue weighted by Crippen LogP contribution is 2.48. The van der Waals surface area contributed by atoms with Crippen molar-refractivity contribution < 1.29 is 27.6 Å². The van der Waals surface area contributed by atoms with Crippen molar-refractivity contribution in [2.45, 2.75) is 24.9 Å². The Bertz CT molecular complexity index is 1250. The molecule has 0 aliphatic carbocycles. The second-order valence-corrected chi connectivity index (χ2v) is 11.3. The van der Waals surface area contributed by atoms with Crippen molar-refractivity contribution in [1.29, 1.82) is 0 Å². The third kappa shape index (κ3) is 4.93. The van der Waals surface area contributed by atoms with Crippen LogP contribution in [0.3, 0.4) is 0 Å². The van der Waals surface area contributed by atoms with Gasteiger partial charge in [-0.1, -0.05) is 22.9 Å². The van der Waals surface area contributed by atoms with Crippen molar-refractivity contribution in [2.75, 3.05) is 49.5 Å². The fourth-order valence-corrected chi connectivity index (χ4v) is 5.99. The highest BCUT2D eigenvalue weighted by Gasteiger charge is 2.51. The lowest BCUT2D eigenvalue weighted by molar-refractivity contribution is -0.137. The number of carbonyl (C=O) groups is 3. The van der Waals surface area contributed by atoms with Crippen LogP contribution in [0.1, 0.15) is 24.5 Å². The van der Waals surface area contributed by atoms with Gasteiger partial charge in [0, 0.05) is 63.2 Å². The number of hydrogen-bond donors (Lipinski definition) is 2. The van der Waals surface area contributed by atoms with E-state index < -0.39 is 23.2 Å². The maximum atomic E-state index is 13.6. The standard InChI is InChI=1S/C23H24ClF3N6O3S/c1-13(34)32-9-14(10-32)7-29-20(35)31-5-4-22(11-31)12-33(21(36)30-19-28-8-18(24)37-19)17-3-2-15(6-16(17)22)23(25,26)27/h2-3,6,8,14H,4-5,7,9-12H2,1H3,(H,29,35)(H,28,30,36). The number of carbonyl (C=O) groups excluding carboxylic acids is 3. The Kier molecular flexibility index (Phi) is 6.47. The first-order chi connectivity index (χ1) is 17.4. The number of amides is 5. The van der Waals surface area contributed by atoms with Crippen LogP contribution < -0.4 is 15.5 Å². The first-order valence-electron chi connectivity index (χ1n) is 11.6. The van der Waals surface area contributed by atoms with Gasteiger partial charge in [0.05, 0.1) is 11.8 Å². The Hall–Kier alpha value is -3.06. The highest BCUT2D eigenvalue weighted by atomic mass is 35.5. The largest absolute Gasteiger partial charge is 0.416 e. The normalized spacial score (nSPS) is 21.3. The van der Waals surface area contributed by atoms with E-state index in [1.54, 1.807) is 9.80 Å². The molecule has 1 atom stereocenters. The molecule has 0 saturated carbocycles. The van der Waals surface area contributed by atoms with Crippen molar-refractivity contribution in [3.8, 4) is 0 Å². The van der Waals surface area contributed by atoms with E-state index in [0.29, 0.717) is 48.2 Å². The highest BCUT2D eigenvalue weighted by molar-refractivity contribution is 7.19. The van der Waals surface area contributed by atoms with Gasteiger partial charge >= 0.3 is 18.2 Å². The van der Waals surface area contributed by atoms with E-state index in [-0.39, 0.29) is 36.1 Å². The summed E-state index contributed by atoms with van der Waals surface area (Å²) in [5.41, 5.74) is -0.883. The van der Waals surface area contributed by atoms with Gasteiger partial charge in [0.25, 0.3) is 0 Å². The molecule has 3 aliphatic rings. The molecular formula is C23H24ClF3N6O3S. The molecule has 1 aromatic carbocycles. The van der Waals surface area contributed by atoms with Crippen molar-refractivity contribution >= 4 is 51.7 Å². The van der Waals surface area contributed by atoms with E-state index in [1.807, 2.05) is 0 Å². The molecule has 1 unspecified atom stereocenters. The Morgan fingerprint density at radius 2 is 1.95 bits per heavy atom. The van der Waals surface area contributed by atoms with Crippen LogP contribution in [0.15, 0.2) is 24.4 Å². The van der Waals surface area contributed by atoms with Crippen molar-refractivity contribution in [1.82, 2.24) is 20.1 Å². The predicted octanol–water partition coefficient (Wildman–Crippen LogP) is 4.00. The number of hydrogen-bond acceptors (Lipinski definition) is 5. The number of nitrogens with zero attached hydrogens (tertiary/aromatic N) is 4. The molecule has 0 bridgehead atoms. The molecule has 37 heavy (non-hydrogen) atoms. The molecule has 198 valence electrons. The number of thiazole rings is 1. The number of aromatic nitrogens is 1. The summed E-state index contributed by atoms with van der Waals surface area (Å²) >= 11 is 6.96. The van der Waals surface area contributed by atoms with Gasteiger partial charge in [-0.15, -0.1) is 0 Å². The van der Waals surface area contributed by atoms with Crippen LogP contribution in [-0.4, -0.2) is 72.0 Å². The van der Waals surface area contributed by atoms with Gasteiger partial charge in [-0.25, -0.2) is 14.6 Å². The van der Waals surface area contributed by atoms with Crippen molar-refractivity contribution in [3.05, 3.63) is 39.9 Å². The number of halogens is 4. The van der Waals surface area contributed by atoms with Crippen LogP contribution in [-0.2, 0) is 16.4 Å². The van der Waals surface area contributed by atoms with Crippen LogP contribution in [0.4, 0.5) is 33.6 Å². The van der Waals surface area contributed by atoms with E-state index in [2.05, 4.69) is 15.6 Å². The zero-order chi connectivity index (χ0) is 26.5. The molecule has 5 rings (SSSR count). The quantitative estimate of drug-likeness (QED) is 0.597. The van der Waals surface area contributed by atoms with Gasteiger partial charge in [0.15, 0.2) is 5.13 Å². The molecule has 2 fully saturated rings. The van der Waals surface area contributed by atoms with Gasteiger partial charge in [-0.2, -0.15) is 13.2 Å². The van der Waals surface area contributed by atoms with Crippen molar-refractivity contribution in [3.63, 3.8) is 0 Å². The average Bonchev–Trinajstić information content (AvgIpc) is 3.50. The lowest BCUT2D eigenvalue weighted by atomic mass is 9.81. The minimum absolute atomic E-state index is 0.00580. The molecule has 1 aromatic heterocycles. The Morgan fingerprint density at radius 3 is 2.59 bits per heavy atom. The zero-order valence-corrected chi connectivity index (χ0v) is 21.3. The number of likely N-dealkylation sites (tertiary alicyclic amines) is 2. The number of anilines is 2. The zero-order valence-electron chi connectivity index (χ0n) is 19.8. The second kappa shape index (κ2) is 9.35. The Labute approximate surface area is 219 Å². The van der Waals surface area contributed by atoms with Crippen LogP contribution in [0.25, 0.3) is 0 Å². The van der Waals surface area contributed by atoms with Gasteiger partial charge < -0.3 is 15.1 Å². The fourth-order valence-electron chi connectivity index (χ4n) is 5.19. The maximum Gasteiger partial charge on any atom is 0.416 e. The molecule has 2 saturated heterocycles. The first-order valence-corrected chi connectivity index (χ1v) is 12.8. The van der Waals surface area contributed by atoms with Gasteiger partial charge in [0.1, 0.15) is 4.34 Å². The lowest BCUT2D eigenvalue weighted by Gasteiger charge is -2.38. The van der Waals surface area contributed by atoms with E-state index in [0.717, 1.165) is 23.5 Å². The molecule has 14 heteroatoms.